The zero-order valence-electron chi connectivity index (χ0n) is 19.1. The summed E-state index contributed by atoms with van der Waals surface area (Å²) < 4.78 is 7.36. The largest absolute Gasteiger partial charge is 0.495 e. The molecule has 5 nitrogen and oxygen atoms in total. The normalized spacial score (nSPS) is 18.9. The first-order valence-electron chi connectivity index (χ1n) is 11.4. The third-order valence-electron chi connectivity index (χ3n) is 6.47. The van der Waals surface area contributed by atoms with Gasteiger partial charge in [-0.05, 0) is 82.2 Å². The molecule has 5 heteroatoms. The molecule has 0 radical (unpaired) electrons. The van der Waals surface area contributed by atoms with Gasteiger partial charge in [0.15, 0.2) is 0 Å². The SMILES string of the molecule is COc1ccc([C@H]2CC[C@H](CNc3cccc(-c4cnn(C(C)C)c4)c3)CC2)nc1C. The molecular weight excluding hydrogens is 384 g/mol. The van der Waals surface area contributed by atoms with Gasteiger partial charge in [-0.2, -0.15) is 5.10 Å². The smallest absolute Gasteiger partial charge is 0.140 e. The fourth-order valence-electron chi connectivity index (χ4n) is 4.51. The Hall–Kier alpha value is -2.82. The summed E-state index contributed by atoms with van der Waals surface area (Å²) in [5.41, 5.74) is 5.77. The van der Waals surface area contributed by atoms with Crippen molar-refractivity contribution in [2.45, 2.75) is 58.4 Å². The lowest BCUT2D eigenvalue weighted by Gasteiger charge is -2.29. The van der Waals surface area contributed by atoms with Crippen molar-refractivity contribution in [2.24, 2.45) is 5.92 Å². The van der Waals surface area contributed by atoms with Crippen molar-refractivity contribution in [3.8, 4) is 16.9 Å². The maximum absolute atomic E-state index is 5.35. The van der Waals surface area contributed by atoms with Gasteiger partial charge in [0.1, 0.15) is 5.75 Å². The van der Waals surface area contributed by atoms with E-state index in [9.17, 15) is 0 Å². The van der Waals surface area contributed by atoms with Crippen molar-refractivity contribution >= 4 is 5.69 Å². The quantitative estimate of drug-likeness (QED) is 0.494. The third kappa shape index (κ3) is 5.09. The van der Waals surface area contributed by atoms with Crippen molar-refractivity contribution in [1.82, 2.24) is 14.8 Å². The summed E-state index contributed by atoms with van der Waals surface area (Å²) in [6.45, 7) is 7.35. The van der Waals surface area contributed by atoms with Gasteiger partial charge in [0.05, 0.1) is 19.0 Å². The van der Waals surface area contributed by atoms with Crippen LogP contribution in [0, 0.1) is 12.8 Å². The Morgan fingerprint density at radius 3 is 2.58 bits per heavy atom. The third-order valence-corrected chi connectivity index (χ3v) is 6.47. The van der Waals surface area contributed by atoms with Gasteiger partial charge in [-0.25, -0.2) is 0 Å². The van der Waals surface area contributed by atoms with E-state index in [0.29, 0.717) is 17.9 Å². The van der Waals surface area contributed by atoms with E-state index in [1.54, 1.807) is 7.11 Å². The lowest BCUT2D eigenvalue weighted by Crippen LogP contribution is -2.21. The number of benzene rings is 1. The molecule has 1 N–H and O–H groups in total. The molecule has 0 amide bonds. The van der Waals surface area contributed by atoms with Crippen LogP contribution in [0.1, 0.15) is 62.9 Å². The number of rotatable bonds is 7. The molecule has 0 bridgehead atoms. The molecule has 1 aliphatic carbocycles. The van der Waals surface area contributed by atoms with Gasteiger partial charge in [0.2, 0.25) is 0 Å². The number of aromatic nitrogens is 3. The Labute approximate surface area is 185 Å². The van der Waals surface area contributed by atoms with E-state index in [-0.39, 0.29) is 0 Å². The van der Waals surface area contributed by atoms with Crippen LogP contribution >= 0.6 is 0 Å². The fraction of sp³-hybridized carbons (Fsp3) is 0.462. The fourth-order valence-corrected chi connectivity index (χ4v) is 4.51. The Bertz CT molecular complexity index is 1000. The molecular formula is C26H34N4O. The molecule has 0 atom stereocenters. The second-order valence-electron chi connectivity index (χ2n) is 9.01. The second kappa shape index (κ2) is 9.54. The highest BCUT2D eigenvalue weighted by molar-refractivity contribution is 5.67. The molecule has 1 fully saturated rings. The van der Waals surface area contributed by atoms with Gasteiger partial charge >= 0.3 is 0 Å². The van der Waals surface area contributed by atoms with Crippen LogP contribution in [-0.2, 0) is 0 Å². The first kappa shape index (κ1) is 21.4. The molecule has 0 aliphatic heterocycles. The van der Waals surface area contributed by atoms with Crippen LogP contribution in [0.3, 0.4) is 0 Å². The molecule has 0 spiro atoms. The minimum atomic E-state index is 0.377. The number of methoxy groups -OCH3 is 1. The molecule has 4 rings (SSSR count). The zero-order chi connectivity index (χ0) is 21.8. The molecule has 1 aromatic carbocycles. The number of anilines is 1. The Morgan fingerprint density at radius 1 is 1.10 bits per heavy atom. The highest BCUT2D eigenvalue weighted by Crippen LogP contribution is 2.36. The van der Waals surface area contributed by atoms with Crippen molar-refractivity contribution in [2.75, 3.05) is 19.0 Å². The average Bonchev–Trinajstić information content (AvgIpc) is 3.29. The molecule has 2 aromatic heterocycles. The Morgan fingerprint density at radius 2 is 1.90 bits per heavy atom. The first-order valence-corrected chi connectivity index (χ1v) is 11.4. The van der Waals surface area contributed by atoms with Crippen LogP contribution in [0.2, 0.25) is 0 Å². The minimum absolute atomic E-state index is 0.377. The van der Waals surface area contributed by atoms with Gasteiger partial charge in [-0.3, -0.25) is 9.67 Å². The van der Waals surface area contributed by atoms with Gasteiger partial charge in [-0.15, -0.1) is 0 Å². The number of aryl methyl sites for hydroxylation is 1. The van der Waals surface area contributed by atoms with Crippen molar-refractivity contribution in [3.05, 3.63) is 60.2 Å². The van der Waals surface area contributed by atoms with Crippen molar-refractivity contribution in [1.29, 1.82) is 0 Å². The molecule has 0 saturated heterocycles. The number of nitrogens with one attached hydrogen (secondary N) is 1. The Kier molecular flexibility index (Phi) is 6.59. The van der Waals surface area contributed by atoms with E-state index in [1.807, 2.05) is 17.8 Å². The summed E-state index contributed by atoms with van der Waals surface area (Å²) in [7, 11) is 1.70. The summed E-state index contributed by atoms with van der Waals surface area (Å²) in [5.74, 6) is 2.16. The van der Waals surface area contributed by atoms with Crippen molar-refractivity contribution < 1.29 is 4.74 Å². The van der Waals surface area contributed by atoms with Gasteiger partial charge in [0, 0.05) is 41.6 Å². The van der Waals surface area contributed by atoms with Gasteiger partial charge < -0.3 is 10.1 Å². The van der Waals surface area contributed by atoms with E-state index in [1.165, 1.54) is 48.2 Å². The summed E-state index contributed by atoms with van der Waals surface area (Å²) in [6, 6.07) is 13.2. The number of pyridine rings is 1. The highest BCUT2D eigenvalue weighted by atomic mass is 16.5. The first-order chi connectivity index (χ1) is 15.0. The van der Waals surface area contributed by atoms with E-state index in [0.717, 1.165) is 18.0 Å². The molecule has 0 unspecified atom stereocenters. The lowest BCUT2D eigenvalue weighted by molar-refractivity contribution is 0.334. The van der Waals surface area contributed by atoms with Crippen LogP contribution in [0.15, 0.2) is 48.8 Å². The molecule has 31 heavy (non-hydrogen) atoms. The topological polar surface area (TPSA) is 52.0 Å². The van der Waals surface area contributed by atoms with Crippen LogP contribution in [0.25, 0.3) is 11.1 Å². The lowest BCUT2D eigenvalue weighted by atomic mass is 9.80. The molecule has 3 aromatic rings. The molecule has 1 aliphatic rings. The second-order valence-corrected chi connectivity index (χ2v) is 9.01. The average molecular weight is 419 g/mol. The number of nitrogens with zero attached hydrogens (tertiary/aromatic N) is 3. The Balaban J connectivity index is 1.31. The van der Waals surface area contributed by atoms with Crippen LogP contribution in [-0.4, -0.2) is 28.4 Å². The van der Waals surface area contributed by atoms with Gasteiger partial charge in [-0.1, -0.05) is 12.1 Å². The monoisotopic (exact) mass is 418 g/mol. The van der Waals surface area contributed by atoms with Crippen molar-refractivity contribution in [3.63, 3.8) is 0 Å². The van der Waals surface area contributed by atoms with E-state index < -0.39 is 0 Å². The number of hydrogen-bond donors (Lipinski definition) is 1. The van der Waals surface area contributed by atoms with Crippen LogP contribution in [0.4, 0.5) is 5.69 Å². The maximum Gasteiger partial charge on any atom is 0.140 e. The summed E-state index contributed by atoms with van der Waals surface area (Å²) in [5, 5.41) is 8.15. The van der Waals surface area contributed by atoms with E-state index >= 15 is 0 Å². The summed E-state index contributed by atoms with van der Waals surface area (Å²) in [4.78, 5) is 4.79. The van der Waals surface area contributed by atoms with E-state index in [2.05, 4.69) is 66.9 Å². The highest BCUT2D eigenvalue weighted by Gasteiger charge is 2.23. The predicted octanol–water partition coefficient (Wildman–Crippen LogP) is 6.23. The predicted molar refractivity (Wildman–Crippen MR) is 127 cm³/mol. The standard InChI is InChI=1S/C26H34N4O/c1-18(2)30-17-23(16-28-30)22-6-5-7-24(14-22)27-15-20-8-10-21(11-9-20)25-12-13-26(31-4)19(3)29-25/h5-7,12-14,16-18,20-21,27H,8-11,15H2,1-4H3/t20-,21-. The van der Waals surface area contributed by atoms with Gasteiger partial charge in [0.25, 0.3) is 0 Å². The molecule has 1 saturated carbocycles. The maximum atomic E-state index is 5.35. The summed E-state index contributed by atoms with van der Waals surface area (Å²) >= 11 is 0. The number of hydrogen-bond acceptors (Lipinski definition) is 4. The van der Waals surface area contributed by atoms with E-state index in [4.69, 9.17) is 9.72 Å². The molecule has 2 heterocycles. The summed E-state index contributed by atoms with van der Waals surface area (Å²) in [6.07, 6.45) is 8.98. The van der Waals surface area contributed by atoms with Crippen LogP contribution < -0.4 is 10.1 Å². The number of ether oxygens (including phenoxy) is 1. The molecule has 164 valence electrons. The zero-order valence-corrected chi connectivity index (χ0v) is 19.1. The minimum Gasteiger partial charge on any atom is -0.495 e. The van der Waals surface area contributed by atoms with Crippen LogP contribution in [0.5, 0.6) is 5.75 Å².